The molecule has 1 amide bonds. The Bertz CT molecular complexity index is 1020. The van der Waals surface area contributed by atoms with Gasteiger partial charge >= 0.3 is 5.69 Å². The molecule has 4 heterocycles. The maximum absolute atomic E-state index is 12.6. The van der Waals surface area contributed by atoms with Crippen LogP contribution in [0.1, 0.15) is 30.3 Å². The van der Waals surface area contributed by atoms with E-state index < -0.39 is 0 Å². The fourth-order valence-electron chi connectivity index (χ4n) is 3.65. The van der Waals surface area contributed by atoms with Crippen molar-refractivity contribution in [3.8, 4) is 0 Å². The van der Waals surface area contributed by atoms with Crippen molar-refractivity contribution in [3.05, 3.63) is 40.5 Å². The van der Waals surface area contributed by atoms with Crippen LogP contribution in [0.15, 0.2) is 23.4 Å². The van der Waals surface area contributed by atoms with Crippen LogP contribution in [-0.2, 0) is 11.3 Å². The summed E-state index contributed by atoms with van der Waals surface area (Å²) in [4.78, 5) is 37.6. The number of nitrogens with zero attached hydrogens (tertiary/aromatic N) is 6. The molecular weight excluding hydrogens is 334 g/mol. The van der Waals surface area contributed by atoms with Crippen molar-refractivity contribution in [2.75, 3.05) is 13.1 Å². The summed E-state index contributed by atoms with van der Waals surface area (Å²) in [6.45, 7) is 5.66. The van der Waals surface area contributed by atoms with Gasteiger partial charge in [0.25, 0.3) is 0 Å². The zero-order valence-electron chi connectivity index (χ0n) is 14.8. The Labute approximate surface area is 149 Å². The van der Waals surface area contributed by atoms with Crippen molar-refractivity contribution in [3.63, 3.8) is 0 Å². The van der Waals surface area contributed by atoms with E-state index in [1.807, 2.05) is 29.5 Å². The number of aromatic amines is 1. The van der Waals surface area contributed by atoms with Crippen LogP contribution in [0.2, 0.25) is 0 Å². The second-order valence-corrected chi connectivity index (χ2v) is 6.74. The van der Waals surface area contributed by atoms with Gasteiger partial charge in [0.1, 0.15) is 11.8 Å². The molecule has 4 rings (SSSR count). The number of imidazole rings is 1. The van der Waals surface area contributed by atoms with Crippen LogP contribution in [-0.4, -0.2) is 53.2 Å². The van der Waals surface area contributed by atoms with Crippen LogP contribution in [0, 0.1) is 13.8 Å². The quantitative estimate of drug-likeness (QED) is 0.746. The number of likely N-dealkylation sites (tertiary alicyclic amines) is 1. The summed E-state index contributed by atoms with van der Waals surface area (Å²) in [6, 6.07) is 1.94. The van der Waals surface area contributed by atoms with Gasteiger partial charge < -0.3 is 9.88 Å². The molecule has 1 N–H and O–H groups in total. The van der Waals surface area contributed by atoms with Crippen molar-refractivity contribution in [1.29, 1.82) is 0 Å². The molecule has 0 aromatic carbocycles. The Morgan fingerprint density at radius 1 is 1.38 bits per heavy atom. The molecule has 1 atom stereocenters. The van der Waals surface area contributed by atoms with E-state index >= 15 is 0 Å². The lowest BCUT2D eigenvalue weighted by Crippen LogP contribution is -2.31. The molecule has 136 valence electrons. The van der Waals surface area contributed by atoms with E-state index in [1.165, 1.54) is 6.33 Å². The first-order chi connectivity index (χ1) is 12.5. The predicted octanol–water partition coefficient (Wildman–Crippen LogP) is 0.797. The average molecular weight is 355 g/mol. The van der Waals surface area contributed by atoms with Crippen LogP contribution in [0.4, 0.5) is 0 Å². The number of hydrogen-bond acceptors (Lipinski definition) is 5. The van der Waals surface area contributed by atoms with E-state index in [4.69, 9.17) is 0 Å². The lowest BCUT2D eigenvalue weighted by atomic mass is 10.2. The number of fused-ring (bicyclic) bond motifs is 1. The number of amides is 1. The third kappa shape index (κ3) is 2.89. The second kappa shape index (κ2) is 6.40. The van der Waals surface area contributed by atoms with Crippen molar-refractivity contribution >= 4 is 17.1 Å². The Morgan fingerprint density at radius 2 is 2.23 bits per heavy atom. The van der Waals surface area contributed by atoms with Gasteiger partial charge in [0.15, 0.2) is 5.65 Å². The third-order valence-corrected chi connectivity index (χ3v) is 4.90. The van der Waals surface area contributed by atoms with Crippen LogP contribution >= 0.6 is 0 Å². The molecule has 26 heavy (non-hydrogen) atoms. The van der Waals surface area contributed by atoms with Gasteiger partial charge in [-0.2, -0.15) is 5.10 Å². The molecule has 1 fully saturated rings. The minimum Gasteiger partial charge on any atom is -0.340 e. The summed E-state index contributed by atoms with van der Waals surface area (Å²) >= 11 is 0. The van der Waals surface area contributed by atoms with Crippen LogP contribution in [0.3, 0.4) is 0 Å². The molecule has 0 saturated carbocycles. The lowest BCUT2D eigenvalue weighted by molar-refractivity contribution is -0.130. The van der Waals surface area contributed by atoms with Crippen LogP contribution in [0.25, 0.3) is 11.2 Å². The first kappa shape index (κ1) is 16.5. The van der Waals surface area contributed by atoms with Gasteiger partial charge in [-0.05, 0) is 26.3 Å². The molecule has 9 nitrogen and oxygen atoms in total. The van der Waals surface area contributed by atoms with Crippen LogP contribution in [0.5, 0.6) is 0 Å². The number of aryl methyl sites for hydroxylation is 3. The van der Waals surface area contributed by atoms with Gasteiger partial charge in [-0.3, -0.25) is 14.0 Å². The van der Waals surface area contributed by atoms with E-state index in [1.54, 1.807) is 10.8 Å². The highest BCUT2D eigenvalue weighted by Crippen LogP contribution is 2.23. The van der Waals surface area contributed by atoms with Crippen molar-refractivity contribution < 1.29 is 4.79 Å². The van der Waals surface area contributed by atoms with Gasteiger partial charge in [-0.15, -0.1) is 0 Å². The largest absolute Gasteiger partial charge is 0.340 e. The molecule has 0 bridgehead atoms. The highest BCUT2D eigenvalue weighted by molar-refractivity contribution is 5.76. The van der Waals surface area contributed by atoms with E-state index in [2.05, 4.69) is 20.1 Å². The summed E-state index contributed by atoms with van der Waals surface area (Å²) in [7, 11) is 0. The van der Waals surface area contributed by atoms with Gasteiger partial charge in [-0.25, -0.2) is 14.8 Å². The normalized spacial score (nSPS) is 17.3. The zero-order valence-corrected chi connectivity index (χ0v) is 14.8. The Hall–Kier alpha value is -2.97. The molecule has 1 aliphatic rings. The smallest absolute Gasteiger partial charge is 0.328 e. The van der Waals surface area contributed by atoms with E-state index in [-0.39, 0.29) is 17.6 Å². The number of hydrogen-bond donors (Lipinski definition) is 1. The minimum absolute atomic E-state index is 0.0659. The lowest BCUT2D eigenvalue weighted by Gasteiger charge is -2.17. The van der Waals surface area contributed by atoms with Crippen LogP contribution < -0.4 is 5.69 Å². The van der Waals surface area contributed by atoms with Gasteiger partial charge in [-0.1, -0.05) is 0 Å². The van der Waals surface area contributed by atoms with Crippen molar-refractivity contribution in [1.82, 2.24) is 34.2 Å². The minimum atomic E-state index is -0.206. The number of carbonyl (C=O) groups is 1. The SMILES string of the molecule is Cc1cc(C)n(CCC(=O)N2CCC(n3c(=O)[nH]c4cncnc43)C2)n1. The molecular formula is C17H21N7O2. The second-order valence-electron chi connectivity index (χ2n) is 6.74. The standard InChI is InChI=1S/C17H21N7O2/c1-11-7-12(2)23(21-11)6-4-15(25)22-5-3-13(9-22)24-16-14(20-17(24)26)8-18-10-19-16/h7-8,10,13H,3-6,9H2,1-2H3,(H,20,26). The number of nitrogens with one attached hydrogen (secondary N) is 1. The molecule has 3 aromatic heterocycles. The topological polar surface area (TPSA) is 102 Å². The molecule has 0 radical (unpaired) electrons. The molecule has 1 unspecified atom stereocenters. The average Bonchev–Trinajstić information content (AvgIpc) is 3.29. The molecule has 0 spiro atoms. The van der Waals surface area contributed by atoms with Crippen molar-refractivity contribution in [2.24, 2.45) is 0 Å². The summed E-state index contributed by atoms with van der Waals surface area (Å²) in [5.41, 5.74) is 3.01. The number of H-pyrrole nitrogens is 1. The van der Waals surface area contributed by atoms with Crippen molar-refractivity contribution in [2.45, 2.75) is 39.3 Å². The molecule has 9 heteroatoms. The number of aromatic nitrogens is 6. The zero-order chi connectivity index (χ0) is 18.3. The highest BCUT2D eigenvalue weighted by atomic mass is 16.2. The van der Waals surface area contributed by atoms with Gasteiger partial charge in [0.2, 0.25) is 5.91 Å². The van der Waals surface area contributed by atoms with E-state index in [0.29, 0.717) is 37.2 Å². The Morgan fingerprint density at radius 3 is 3.00 bits per heavy atom. The van der Waals surface area contributed by atoms with Gasteiger partial charge in [0, 0.05) is 31.7 Å². The summed E-state index contributed by atoms with van der Waals surface area (Å²) in [5.74, 6) is 0.0857. The summed E-state index contributed by atoms with van der Waals surface area (Å²) in [6.07, 6.45) is 4.16. The Balaban J connectivity index is 1.44. The highest BCUT2D eigenvalue weighted by Gasteiger charge is 2.29. The Kier molecular flexibility index (Phi) is 4.06. The molecule has 3 aromatic rings. The van der Waals surface area contributed by atoms with Gasteiger partial charge in [0.05, 0.1) is 17.9 Å². The summed E-state index contributed by atoms with van der Waals surface area (Å²) in [5, 5.41) is 4.39. The third-order valence-electron chi connectivity index (χ3n) is 4.90. The van der Waals surface area contributed by atoms with E-state index in [9.17, 15) is 9.59 Å². The molecule has 0 aliphatic carbocycles. The fourth-order valence-corrected chi connectivity index (χ4v) is 3.65. The first-order valence-corrected chi connectivity index (χ1v) is 8.72. The number of rotatable bonds is 4. The maximum atomic E-state index is 12.6. The molecule has 1 aliphatic heterocycles. The summed E-state index contributed by atoms with van der Waals surface area (Å²) < 4.78 is 3.51. The predicted molar refractivity (Wildman–Crippen MR) is 94.7 cm³/mol. The van der Waals surface area contributed by atoms with E-state index in [0.717, 1.165) is 17.8 Å². The first-order valence-electron chi connectivity index (χ1n) is 8.72. The molecule has 1 saturated heterocycles. The number of carbonyl (C=O) groups excluding carboxylic acids is 1. The fraction of sp³-hybridized carbons (Fsp3) is 0.471. The monoisotopic (exact) mass is 355 g/mol. The maximum Gasteiger partial charge on any atom is 0.328 e.